The molecule has 0 saturated carbocycles. The van der Waals surface area contributed by atoms with Gasteiger partial charge in [0.1, 0.15) is 0 Å². The standard InChI is InChI=1S/C7H12O5S/c1-13(10,11)7(6(8)9)3-2-4-12-5-7/h2-5H2,1H3,(H,8,9). The lowest BCUT2D eigenvalue weighted by Crippen LogP contribution is -2.52. The number of carboxylic acids is 1. The Morgan fingerprint density at radius 3 is 2.38 bits per heavy atom. The van der Waals surface area contributed by atoms with Crippen molar-refractivity contribution in [1.29, 1.82) is 0 Å². The van der Waals surface area contributed by atoms with Crippen molar-refractivity contribution in [3.63, 3.8) is 0 Å². The summed E-state index contributed by atoms with van der Waals surface area (Å²) in [6.45, 7) is 0.200. The molecule has 0 amide bonds. The Labute approximate surface area is 76.6 Å². The molecule has 1 fully saturated rings. The van der Waals surface area contributed by atoms with E-state index in [9.17, 15) is 13.2 Å². The molecule has 1 unspecified atom stereocenters. The zero-order chi connectivity index (χ0) is 10.1. The van der Waals surface area contributed by atoms with Crippen molar-refractivity contribution in [2.24, 2.45) is 0 Å². The number of carboxylic acid groups (broad SMARTS) is 1. The fraction of sp³-hybridized carbons (Fsp3) is 0.857. The topological polar surface area (TPSA) is 80.7 Å². The maximum absolute atomic E-state index is 11.3. The highest BCUT2D eigenvalue weighted by atomic mass is 32.2. The quantitative estimate of drug-likeness (QED) is 0.671. The minimum atomic E-state index is -3.61. The lowest BCUT2D eigenvalue weighted by atomic mass is 10.0. The summed E-state index contributed by atoms with van der Waals surface area (Å²) in [6, 6.07) is 0. The molecule has 1 N–H and O–H groups in total. The number of hydrogen-bond acceptors (Lipinski definition) is 4. The summed E-state index contributed by atoms with van der Waals surface area (Å²) >= 11 is 0. The molecule has 1 aliphatic rings. The number of sulfone groups is 1. The van der Waals surface area contributed by atoms with Gasteiger partial charge in [0, 0.05) is 12.9 Å². The van der Waals surface area contributed by atoms with Crippen LogP contribution in [0.4, 0.5) is 0 Å². The Morgan fingerprint density at radius 1 is 1.54 bits per heavy atom. The van der Waals surface area contributed by atoms with Crippen LogP contribution < -0.4 is 0 Å². The molecule has 1 aliphatic heterocycles. The van der Waals surface area contributed by atoms with Crippen molar-refractivity contribution >= 4 is 15.8 Å². The predicted molar refractivity (Wildman–Crippen MR) is 45.3 cm³/mol. The van der Waals surface area contributed by atoms with E-state index in [0.29, 0.717) is 13.0 Å². The van der Waals surface area contributed by atoms with Gasteiger partial charge in [0.25, 0.3) is 0 Å². The van der Waals surface area contributed by atoms with Crippen molar-refractivity contribution in [2.45, 2.75) is 17.6 Å². The third-order valence-corrected chi connectivity index (χ3v) is 4.22. The van der Waals surface area contributed by atoms with Gasteiger partial charge in [0.2, 0.25) is 0 Å². The fourth-order valence-corrected chi connectivity index (χ4v) is 2.52. The van der Waals surface area contributed by atoms with Gasteiger partial charge < -0.3 is 9.84 Å². The molecule has 5 nitrogen and oxygen atoms in total. The molecule has 13 heavy (non-hydrogen) atoms. The first-order valence-corrected chi connectivity index (χ1v) is 5.80. The highest BCUT2D eigenvalue weighted by Crippen LogP contribution is 2.27. The van der Waals surface area contributed by atoms with E-state index in [0.717, 1.165) is 6.26 Å². The molecule has 1 saturated heterocycles. The molecular weight excluding hydrogens is 196 g/mol. The molecule has 0 aromatic carbocycles. The van der Waals surface area contributed by atoms with Crippen molar-refractivity contribution in [1.82, 2.24) is 0 Å². The molecule has 76 valence electrons. The van der Waals surface area contributed by atoms with Crippen LogP contribution in [0.15, 0.2) is 0 Å². The molecule has 1 rings (SSSR count). The fourth-order valence-electron chi connectivity index (χ4n) is 1.39. The number of ether oxygens (including phenoxy) is 1. The SMILES string of the molecule is CS(=O)(=O)C1(C(=O)O)CCCOC1. The molecule has 1 heterocycles. The van der Waals surface area contributed by atoms with Crippen LogP contribution >= 0.6 is 0 Å². The van der Waals surface area contributed by atoms with Gasteiger partial charge in [-0.05, 0) is 12.8 Å². The van der Waals surface area contributed by atoms with Gasteiger partial charge in [0.05, 0.1) is 6.61 Å². The molecule has 0 aromatic rings. The Kier molecular flexibility index (Phi) is 2.63. The minimum absolute atomic E-state index is 0.140. The van der Waals surface area contributed by atoms with Crippen molar-refractivity contribution in [2.75, 3.05) is 19.5 Å². The van der Waals surface area contributed by atoms with Crippen LogP contribution in [0.1, 0.15) is 12.8 Å². The van der Waals surface area contributed by atoms with Crippen LogP contribution in [0.5, 0.6) is 0 Å². The number of hydrogen-bond donors (Lipinski definition) is 1. The summed E-state index contributed by atoms with van der Waals surface area (Å²) in [5.41, 5.74) is 0. The van der Waals surface area contributed by atoms with E-state index in [-0.39, 0.29) is 13.0 Å². The van der Waals surface area contributed by atoms with Gasteiger partial charge in [-0.25, -0.2) is 8.42 Å². The first-order chi connectivity index (χ1) is 5.90. The lowest BCUT2D eigenvalue weighted by molar-refractivity contribution is -0.143. The van der Waals surface area contributed by atoms with Gasteiger partial charge in [-0.15, -0.1) is 0 Å². The monoisotopic (exact) mass is 208 g/mol. The molecule has 0 radical (unpaired) electrons. The van der Waals surface area contributed by atoms with Crippen molar-refractivity contribution in [3.05, 3.63) is 0 Å². The maximum atomic E-state index is 11.3. The normalized spacial score (nSPS) is 29.9. The first kappa shape index (κ1) is 10.5. The summed E-state index contributed by atoms with van der Waals surface area (Å²) in [7, 11) is -3.61. The van der Waals surface area contributed by atoms with Gasteiger partial charge >= 0.3 is 5.97 Å². The summed E-state index contributed by atoms with van der Waals surface area (Å²) < 4.78 is 25.8. The molecule has 0 aromatic heterocycles. The maximum Gasteiger partial charge on any atom is 0.327 e. The van der Waals surface area contributed by atoms with E-state index in [1.807, 2.05) is 0 Å². The molecule has 0 spiro atoms. The summed E-state index contributed by atoms with van der Waals surface area (Å²) in [5.74, 6) is -1.31. The average Bonchev–Trinajstić information content (AvgIpc) is 2.03. The van der Waals surface area contributed by atoms with Crippen molar-refractivity contribution < 1.29 is 23.1 Å². The highest BCUT2D eigenvalue weighted by Gasteiger charge is 2.49. The summed E-state index contributed by atoms with van der Waals surface area (Å²) in [5, 5.41) is 8.87. The van der Waals surface area contributed by atoms with Gasteiger partial charge in [-0.2, -0.15) is 0 Å². The highest BCUT2D eigenvalue weighted by molar-refractivity contribution is 7.92. The largest absolute Gasteiger partial charge is 0.480 e. The Bertz CT molecular complexity index is 299. The molecule has 1 atom stereocenters. The van der Waals surface area contributed by atoms with Crippen LogP contribution in [-0.2, 0) is 19.4 Å². The number of aliphatic carboxylic acids is 1. The van der Waals surface area contributed by atoms with Crippen molar-refractivity contribution in [3.8, 4) is 0 Å². The number of carbonyl (C=O) groups is 1. The van der Waals surface area contributed by atoms with E-state index in [4.69, 9.17) is 9.84 Å². The third kappa shape index (κ3) is 1.68. The minimum Gasteiger partial charge on any atom is -0.480 e. The predicted octanol–water partition coefficient (Wildman–Crippen LogP) is -0.335. The Balaban J connectivity index is 3.07. The zero-order valence-electron chi connectivity index (χ0n) is 7.32. The van der Waals surface area contributed by atoms with E-state index >= 15 is 0 Å². The van der Waals surface area contributed by atoms with Gasteiger partial charge in [-0.3, -0.25) is 4.79 Å². The molecule has 0 bridgehead atoms. The lowest BCUT2D eigenvalue weighted by Gasteiger charge is -2.30. The van der Waals surface area contributed by atoms with E-state index in [2.05, 4.69) is 0 Å². The van der Waals surface area contributed by atoms with E-state index in [1.165, 1.54) is 0 Å². The smallest absolute Gasteiger partial charge is 0.327 e. The second-order valence-electron chi connectivity index (χ2n) is 3.23. The first-order valence-electron chi connectivity index (χ1n) is 3.91. The van der Waals surface area contributed by atoms with Crippen LogP contribution in [0, 0.1) is 0 Å². The van der Waals surface area contributed by atoms with E-state index in [1.54, 1.807) is 0 Å². The summed E-state index contributed by atoms with van der Waals surface area (Å²) in [6.07, 6.45) is 1.55. The Morgan fingerprint density at radius 2 is 2.15 bits per heavy atom. The van der Waals surface area contributed by atoms with E-state index < -0.39 is 20.6 Å². The second-order valence-corrected chi connectivity index (χ2v) is 5.55. The zero-order valence-corrected chi connectivity index (χ0v) is 8.13. The van der Waals surface area contributed by atoms with Crippen LogP contribution in [0.25, 0.3) is 0 Å². The third-order valence-electron chi connectivity index (χ3n) is 2.30. The molecule has 0 aliphatic carbocycles. The van der Waals surface area contributed by atoms with Crippen LogP contribution in [-0.4, -0.2) is 43.7 Å². The Hall–Kier alpha value is -0.620. The average molecular weight is 208 g/mol. The van der Waals surface area contributed by atoms with Gasteiger partial charge in [-0.1, -0.05) is 0 Å². The number of rotatable bonds is 2. The second kappa shape index (κ2) is 3.26. The van der Waals surface area contributed by atoms with Gasteiger partial charge in [0.15, 0.2) is 14.6 Å². The molecule has 6 heteroatoms. The summed E-state index contributed by atoms with van der Waals surface area (Å²) in [4.78, 5) is 10.9. The molecular formula is C7H12O5S. The van der Waals surface area contributed by atoms with Crippen LogP contribution in [0.2, 0.25) is 0 Å². The van der Waals surface area contributed by atoms with Crippen LogP contribution in [0.3, 0.4) is 0 Å².